The molecule has 128 valence electrons. The van der Waals surface area contributed by atoms with Crippen molar-refractivity contribution in [1.29, 1.82) is 5.41 Å². The van der Waals surface area contributed by atoms with Crippen LogP contribution >= 0.6 is 11.3 Å². The molecular weight excluding hydrogens is 342 g/mol. The van der Waals surface area contributed by atoms with Crippen LogP contribution in [0.15, 0.2) is 79.1 Å². The third-order valence-corrected chi connectivity index (χ3v) is 5.23. The zero-order valence-corrected chi connectivity index (χ0v) is 14.7. The summed E-state index contributed by atoms with van der Waals surface area (Å²) in [6, 6.07) is 21.9. The minimum Gasteiger partial charge on any atom is -0.481 e. The number of benzene rings is 2. The molecule has 0 amide bonds. The molecular formula is C21H17N3OS. The average molecular weight is 359 g/mol. The highest BCUT2D eigenvalue weighted by atomic mass is 32.1. The summed E-state index contributed by atoms with van der Waals surface area (Å²) in [6.07, 6.45) is 3.34. The molecule has 3 N–H and O–H groups in total. The van der Waals surface area contributed by atoms with E-state index in [0.717, 1.165) is 31.8 Å². The van der Waals surface area contributed by atoms with Crippen molar-refractivity contribution in [3.63, 3.8) is 0 Å². The Bertz CT molecular complexity index is 1010. The van der Waals surface area contributed by atoms with Gasteiger partial charge >= 0.3 is 0 Å². The molecule has 2 aromatic heterocycles. The molecule has 4 aromatic rings. The van der Waals surface area contributed by atoms with E-state index in [1.165, 1.54) is 11.3 Å². The quantitative estimate of drug-likeness (QED) is 0.399. The van der Waals surface area contributed by atoms with Gasteiger partial charge in [0.15, 0.2) is 6.10 Å². The Kier molecular flexibility index (Phi) is 4.37. The van der Waals surface area contributed by atoms with Crippen LogP contribution in [0.5, 0.6) is 5.75 Å². The zero-order chi connectivity index (χ0) is 17.9. The van der Waals surface area contributed by atoms with Crippen LogP contribution in [0, 0.1) is 5.41 Å². The molecule has 4 rings (SSSR count). The molecule has 0 saturated heterocycles. The lowest BCUT2D eigenvalue weighted by Crippen LogP contribution is -2.09. The van der Waals surface area contributed by atoms with E-state index in [9.17, 15) is 0 Å². The summed E-state index contributed by atoms with van der Waals surface area (Å²) in [4.78, 5) is 5.00. The molecule has 0 aliphatic rings. The first-order chi connectivity index (χ1) is 12.7. The van der Waals surface area contributed by atoms with Crippen molar-refractivity contribution in [2.45, 2.75) is 6.10 Å². The lowest BCUT2D eigenvalue weighted by molar-refractivity contribution is 0.247. The van der Waals surface area contributed by atoms with E-state index in [-0.39, 0.29) is 11.9 Å². The van der Waals surface area contributed by atoms with Gasteiger partial charge in [0.2, 0.25) is 0 Å². The number of nitrogen functional groups attached to an aromatic ring is 1. The van der Waals surface area contributed by atoms with Crippen molar-refractivity contribution in [3.05, 3.63) is 95.1 Å². The van der Waals surface area contributed by atoms with Crippen molar-refractivity contribution in [1.82, 2.24) is 4.98 Å². The number of amidine groups is 1. The molecule has 4 nitrogen and oxygen atoms in total. The van der Waals surface area contributed by atoms with Crippen molar-refractivity contribution in [2.75, 3.05) is 0 Å². The molecule has 0 aliphatic carbocycles. The molecule has 26 heavy (non-hydrogen) atoms. The fraction of sp³-hybridized carbons (Fsp3) is 0.0476. The number of hydrogen-bond donors (Lipinski definition) is 2. The highest BCUT2D eigenvalue weighted by Gasteiger charge is 2.17. The van der Waals surface area contributed by atoms with E-state index in [1.807, 2.05) is 60.8 Å². The summed E-state index contributed by atoms with van der Waals surface area (Å²) in [7, 11) is 0. The molecule has 0 saturated carbocycles. The van der Waals surface area contributed by atoms with Gasteiger partial charge in [0.25, 0.3) is 0 Å². The molecule has 2 aromatic carbocycles. The second-order valence-electron chi connectivity index (χ2n) is 5.92. The van der Waals surface area contributed by atoms with Crippen molar-refractivity contribution < 1.29 is 4.74 Å². The molecule has 2 heterocycles. The lowest BCUT2D eigenvalue weighted by atomic mass is 10.0. The zero-order valence-electron chi connectivity index (χ0n) is 13.9. The number of aromatic nitrogens is 1. The van der Waals surface area contributed by atoms with Gasteiger partial charge in [-0.2, -0.15) is 0 Å². The first-order valence-electron chi connectivity index (χ1n) is 8.20. The topological polar surface area (TPSA) is 72.0 Å². The predicted octanol–water partition coefficient (Wildman–Crippen LogP) is 4.75. The number of nitrogens with one attached hydrogen (secondary N) is 1. The molecule has 1 atom stereocenters. The lowest BCUT2D eigenvalue weighted by Gasteiger charge is -2.20. The Labute approximate surface area is 155 Å². The van der Waals surface area contributed by atoms with Gasteiger partial charge in [-0.1, -0.05) is 36.4 Å². The van der Waals surface area contributed by atoms with Crippen LogP contribution in [0.4, 0.5) is 0 Å². The Morgan fingerprint density at radius 3 is 2.54 bits per heavy atom. The summed E-state index contributed by atoms with van der Waals surface area (Å²) < 4.78 is 7.39. The summed E-state index contributed by atoms with van der Waals surface area (Å²) in [5.41, 5.74) is 7.66. The van der Waals surface area contributed by atoms with Crippen LogP contribution in [0.25, 0.3) is 10.1 Å². The Hall–Kier alpha value is -3.18. The minimum absolute atomic E-state index is 0.0891. The maximum absolute atomic E-state index is 7.61. The number of fused-ring (bicyclic) bond motifs is 1. The van der Waals surface area contributed by atoms with Gasteiger partial charge in [-0.15, -0.1) is 11.3 Å². The summed E-state index contributed by atoms with van der Waals surface area (Å²) in [5, 5.41) is 8.67. The standard InChI is InChI=1S/C21H17N3OS/c22-21(23)19-11-15-8-9-17(12-18(15)26-19)25-20(14-5-2-1-3-6-14)16-7-4-10-24-13-16/h1-13,20H,(H3,22,23). The van der Waals surface area contributed by atoms with Crippen LogP contribution in [0.2, 0.25) is 0 Å². The maximum Gasteiger partial charge on any atom is 0.150 e. The molecule has 1 unspecified atom stereocenters. The van der Waals surface area contributed by atoms with E-state index in [1.54, 1.807) is 6.20 Å². The van der Waals surface area contributed by atoms with Gasteiger partial charge < -0.3 is 10.5 Å². The van der Waals surface area contributed by atoms with Gasteiger partial charge in [0.05, 0.1) is 4.88 Å². The maximum atomic E-state index is 7.61. The SMILES string of the molecule is N=C(N)c1cc2ccc(OC(c3ccccc3)c3cccnc3)cc2s1. The Morgan fingerprint density at radius 2 is 1.81 bits per heavy atom. The molecule has 0 radical (unpaired) electrons. The van der Waals surface area contributed by atoms with Gasteiger partial charge in [0, 0.05) is 22.7 Å². The second-order valence-corrected chi connectivity index (χ2v) is 7.00. The normalized spacial score (nSPS) is 12.0. The van der Waals surface area contributed by atoms with Gasteiger partial charge in [-0.3, -0.25) is 10.4 Å². The molecule has 0 fully saturated rings. The smallest absolute Gasteiger partial charge is 0.150 e. The number of thiophene rings is 1. The summed E-state index contributed by atoms with van der Waals surface area (Å²) >= 11 is 1.50. The third-order valence-electron chi connectivity index (χ3n) is 4.10. The van der Waals surface area contributed by atoms with Crippen LogP contribution in [0.1, 0.15) is 22.1 Å². The number of nitrogens with two attached hydrogens (primary N) is 1. The number of hydrogen-bond acceptors (Lipinski definition) is 4. The average Bonchev–Trinajstić information content (AvgIpc) is 3.11. The largest absolute Gasteiger partial charge is 0.481 e. The highest BCUT2D eigenvalue weighted by Crippen LogP contribution is 2.33. The molecule has 5 heteroatoms. The Morgan fingerprint density at radius 1 is 1.00 bits per heavy atom. The monoisotopic (exact) mass is 359 g/mol. The van der Waals surface area contributed by atoms with E-state index in [4.69, 9.17) is 15.9 Å². The van der Waals surface area contributed by atoms with Crippen molar-refractivity contribution in [3.8, 4) is 5.75 Å². The first-order valence-corrected chi connectivity index (χ1v) is 9.02. The van der Waals surface area contributed by atoms with Crippen molar-refractivity contribution in [2.24, 2.45) is 5.73 Å². The predicted molar refractivity (Wildman–Crippen MR) is 106 cm³/mol. The summed E-state index contributed by atoms with van der Waals surface area (Å²) in [6.45, 7) is 0. The third kappa shape index (κ3) is 3.30. The van der Waals surface area contributed by atoms with E-state index in [0.29, 0.717) is 0 Å². The van der Waals surface area contributed by atoms with Crippen LogP contribution in [-0.4, -0.2) is 10.8 Å². The summed E-state index contributed by atoms with van der Waals surface area (Å²) in [5.74, 6) is 0.860. The number of ether oxygens (including phenoxy) is 1. The molecule has 0 aliphatic heterocycles. The highest BCUT2D eigenvalue weighted by molar-refractivity contribution is 7.20. The van der Waals surface area contributed by atoms with Gasteiger partial charge in [-0.25, -0.2) is 0 Å². The minimum atomic E-state index is -0.241. The Balaban J connectivity index is 1.71. The van der Waals surface area contributed by atoms with Crippen molar-refractivity contribution >= 4 is 27.3 Å². The number of nitrogens with zero attached hydrogens (tertiary/aromatic N) is 1. The number of pyridine rings is 1. The molecule has 0 spiro atoms. The molecule has 0 bridgehead atoms. The van der Waals surface area contributed by atoms with E-state index in [2.05, 4.69) is 17.1 Å². The van der Waals surface area contributed by atoms with Gasteiger partial charge in [0.1, 0.15) is 11.6 Å². The number of rotatable bonds is 5. The fourth-order valence-corrected chi connectivity index (χ4v) is 3.79. The van der Waals surface area contributed by atoms with Crippen LogP contribution in [-0.2, 0) is 0 Å². The van der Waals surface area contributed by atoms with Crippen LogP contribution in [0.3, 0.4) is 0 Å². The van der Waals surface area contributed by atoms with E-state index >= 15 is 0 Å². The first kappa shape index (κ1) is 16.3. The van der Waals surface area contributed by atoms with E-state index < -0.39 is 0 Å². The fourth-order valence-electron chi connectivity index (χ4n) is 2.84. The van der Waals surface area contributed by atoms with Gasteiger partial charge in [-0.05, 0) is 41.3 Å². The van der Waals surface area contributed by atoms with Crippen LogP contribution < -0.4 is 10.5 Å². The second kappa shape index (κ2) is 6.98.